The number of hydrazine groups is 1. The van der Waals surface area contributed by atoms with E-state index in [1.54, 1.807) is 6.07 Å². The fraction of sp³-hybridized carbons (Fsp3) is 0.500. The van der Waals surface area contributed by atoms with Gasteiger partial charge in [0.2, 0.25) is 11.8 Å². The van der Waals surface area contributed by atoms with E-state index in [0.717, 1.165) is 0 Å². The quantitative estimate of drug-likeness (QED) is 0.476. The van der Waals surface area contributed by atoms with Gasteiger partial charge in [-0.15, -0.1) is 0 Å². The Hall–Kier alpha value is -1.56. The fourth-order valence-corrected chi connectivity index (χ4v) is 0.843. The van der Waals surface area contributed by atoms with Crippen LogP contribution in [0.1, 0.15) is 13.8 Å². The number of nitrogens with two attached hydrogens (primary N) is 2. The minimum Gasteiger partial charge on any atom is -0.477 e. The Bertz CT molecular complexity index is 302. The van der Waals surface area contributed by atoms with E-state index in [-0.39, 0.29) is 5.95 Å². The standard InChI is InChI=1S/C8H15N5O/c1-5(2)4-14-7-3-6(13-10)11-8(9)12-7/h3,5H,4,10H2,1-2H3,(H3,9,11,12,13). The van der Waals surface area contributed by atoms with Gasteiger partial charge in [0.1, 0.15) is 5.82 Å². The second-order valence-corrected chi connectivity index (χ2v) is 3.30. The van der Waals surface area contributed by atoms with Gasteiger partial charge in [-0.1, -0.05) is 13.8 Å². The highest BCUT2D eigenvalue weighted by Gasteiger charge is 2.03. The lowest BCUT2D eigenvalue weighted by atomic mass is 10.2. The lowest BCUT2D eigenvalue weighted by Crippen LogP contribution is -2.12. The van der Waals surface area contributed by atoms with Crippen molar-refractivity contribution in [2.24, 2.45) is 11.8 Å². The van der Waals surface area contributed by atoms with Crippen molar-refractivity contribution in [2.45, 2.75) is 13.8 Å². The van der Waals surface area contributed by atoms with E-state index in [2.05, 4.69) is 15.4 Å². The summed E-state index contributed by atoms with van der Waals surface area (Å²) < 4.78 is 5.36. The molecule has 6 nitrogen and oxygen atoms in total. The van der Waals surface area contributed by atoms with Crippen LogP contribution >= 0.6 is 0 Å². The molecule has 78 valence electrons. The van der Waals surface area contributed by atoms with Crippen molar-refractivity contribution < 1.29 is 4.74 Å². The van der Waals surface area contributed by atoms with Crippen LogP contribution < -0.4 is 21.7 Å². The molecule has 0 atom stereocenters. The van der Waals surface area contributed by atoms with E-state index < -0.39 is 0 Å². The largest absolute Gasteiger partial charge is 0.477 e. The lowest BCUT2D eigenvalue weighted by Gasteiger charge is -2.08. The van der Waals surface area contributed by atoms with Crippen molar-refractivity contribution in [1.82, 2.24) is 9.97 Å². The first-order valence-electron chi connectivity index (χ1n) is 4.35. The Labute approximate surface area is 82.6 Å². The highest BCUT2D eigenvalue weighted by Crippen LogP contribution is 2.14. The van der Waals surface area contributed by atoms with Crippen LogP contribution in [0.5, 0.6) is 5.88 Å². The molecule has 1 heterocycles. The predicted octanol–water partition coefficient (Wildman–Crippen LogP) is 0.379. The van der Waals surface area contributed by atoms with Crippen molar-refractivity contribution in [1.29, 1.82) is 0 Å². The maximum atomic E-state index is 5.44. The van der Waals surface area contributed by atoms with Crippen LogP contribution in [-0.4, -0.2) is 16.6 Å². The van der Waals surface area contributed by atoms with E-state index in [9.17, 15) is 0 Å². The van der Waals surface area contributed by atoms with Crippen molar-refractivity contribution in [2.75, 3.05) is 17.8 Å². The van der Waals surface area contributed by atoms with Gasteiger partial charge in [0.15, 0.2) is 0 Å². The molecule has 0 saturated carbocycles. The number of nitrogens with one attached hydrogen (secondary N) is 1. The third-order valence-corrected chi connectivity index (χ3v) is 1.43. The zero-order chi connectivity index (χ0) is 10.6. The molecule has 0 bridgehead atoms. The van der Waals surface area contributed by atoms with Gasteiger partial charge in [-0.25, -0.2) is 5.84 Å². The number of hydrogen-bond acceptors (Lipinski definition) is 6. The molecule has 0 radical (unpaired) electrons. The topological polar surface area (TPSA) is 99.1 Å². The molecule has 0 saturated heterocycles. The highest BCUT2D eigenvalue weighted by atomic mass is 16.5. The first-order chi connectivity index (χ1) is 6.61. The van der Waals surface area contributed by atoms with E-state index in [4.69, 9.17) is 16.3 Å². The third kappa shape index (κ3) is 3.06. The number of ether oxygens (including phenoxy) is 1. The molecule has 0 fully saturated rings. The molecular weight excluding hydrogens is 182 g/mol. The molecule has 0 spiro atoms. The number of hydrogen-bond donors (Lipinski definition) is 3. The van der Waals surface area contributed by atoms with Crippen LogP contribution in [-0.2, 0) is 0 Å². The molecule has 0 aromatic carbocycles. The average Bonchev–Trinajstić information content (AvgIpc) is 2.14. The van der Waals surface area contributed by atoms with Crippen LogP contribution in [0, 0.1) is 5.92 Å². The maximum absolute atomic E-state index is 5.44. The summed E-state index contributed by atoms with van der Waals surface area (Å²) in [6.45, 7) is 4.68. The van der Waals surface area contributed by atoms with Gasteiger partial charge in [0, 0.05) is 6.07 Å². The van der Waals surface area contributed by atoms with Gasteiger partial charge in [0.25, 0.3) is 0 Å². The number of nitrogen functional groups attached to an aromatic ring is 2. The van der Waals surface area contributed by atoms with Crippen LogP contribution in [0.2, 0.25) is 0 Å². The van der Waals surface area contributed by atoms with Crippen molar-refractivity contribution >= 4 is 11.8 Å². The molecule has 1 aromatic heterocycles. The van der Waals surface area contributed by atoms with Crippen LogP contribution in [0.25, 0.3) is 0 Å². The summed E-state index contributed by atoms with van der Waals surface area (Å²) in [6.07, 6.45) is 0. The zero-order valence-corrected chi connectivity index (χ0v) is 8.32. The molecule has 0 aliphatic heterocycles. The average molecular weight is 197 g/mol. The number of rotatable bonds is 4. The Balaban J connectivity index is 2.71. The SMILES string of the molecule is CC(C)COc1cc(NN)nc(N)n1. The maximum Gasteiger partial charge on any atom is 0.225 e. The summed E-state index contributed by atoms with van der Waals surface area (Å²) in [7, 11) is 0. The molecule has 5 N–H and O–H groups in total. The second kappa shape index (κ2) is 4.61. The molecule has 0 amide bonds. The van der Waals surface area contributed by atoms with Crippen molar-refractivity contribution in [3.05, 3.63) is 6.07 Å². The number of aromatic nitrogens is 2. The minimum atomic E-state index is 0.138. The van der Waals surface area contributed by atoms with Gasteiger partial charge >= 0.3 is 0 Å². The Morgan fingerprint density at radius 3 is 2.79 bits per heavy atom. The van der Waals surface area contributed by atoms with Gasteiger partial charge < -0.3 is 15.9 Å². The molecule has 0 aliphatic rings. The van der Waals surface area contributed by atoms with E-state index in [1.165, 1.54) is 0 Å². The lowest BCUT2D eigenvalue weighted by molar-refractivity contribution is 0.261. The predicted molar refractivity (Wildman–Crippen MR) is 54.6 cm³/mol. The Morgan fingerprint density at radius 2 is 2.21 bits per heavy atom. The van der Waals surface area contributed by atoms with E-state index >= 15 is 0 Å². The fourth-order valence-electron chi connectivity index (χ4n) is 0.843. The van der Waals surface area contributed by atoms with Gasteiger partial charge in [0.05, 0.1) is 6.61 Å². The summed E-state index contributed by atoms with van der Waals surface area (Å²) in [6, 6.07) is 1.60. The summed E-state index contributed by atoms with van der Waals surface area (Å²) >= 11 is 0. The summed E-state index contributed by atoms with van der Waals surface area (Å²) in [5.74, 6) is 6.63. The van der Waals surface area contributed by atoms with E-state index in [1.807, 2.05) is 13.8 Å². The molecule has 0 aliphatic carbocycles. The minimum absolute atomic E-state index is 0.138. The molecule has 14 heavy (non-hydrogen) atoms. The number of nitrogens with zero attached hydrogens (tertiary/aromatic N) is 2. The first kappa shape index (κ1) is 10.5. The van der Waals surface area contributed by atoms with Gasteiger partial charge in [-0.05, 0) is 5.92 Å². The van der Waals surface area contributed by atoms with Crippen LogP contribution in [0.4, 0.5) is 11.8 Å². The first-order valence-corrected chi connectivity index (χ1v) is 4.35. The Morgan fingerprint density at radius 1 is 1.50 bits per heavy atom. The zero-order valence-electron chi connectivity index (χ0n) is 8.32. The van der Waals surface area contributed by atoms with Crippen molar-refractivity contribution in [3.63, 3.8) is 0 Å². The van der Waals surface area contributed by atoms with Crippen LogP contribution in [0.3, 0.4) is 0 Å². The van der Waals surface area contributed by atoms with Crippen molar-refractivity contribution in [3.8, 4) is 5.88 Å². The van der Waals surface area contributed by atoms with Gasteiger partial charge in [-0.2, -0.15) is 9.97 Å². The summed E-state index contributed by atoms with van der Waals surface area (Å²) in [4.78, 5) is 7.73. The second-order valence-electron chi connectivity index (χ2n) is 3.30. The highest BCUT2D eigenvalue weighted by molar-refractivity contribution is 5.41. The van der Waals surface area contributed by atoms with Crippen LogP contribution in [0.15, 0.2) is 6.07 Å². The molecule has 1 rings (SSSR count). The third-order valence-electron chi connectivity index (χ3n) is 1.43. The normalized spacial score (nSPS) is 10.3. The van der Waals surface area contributed by atoms with E-state index in [0.29, 0.717) is 24.2 Å². The molecular formula is C8H15N5O. The summed E-state index contributed by atoms with van der Waals surface area (Å²) in [5.41, 5.74) is 7.83. The molecule has 0 unspecified atom stereocenters. The smallest absolute Gasteiger partial charge is 0.225 e. The molecule has 6 heteroatoms. The monoisotopic (exact) mass is 197 g/mol. The Kier molecular flexibility index (Phi) is 3.47. The summed E-state index contributed by atoms with van der Waals surface area (Å²) in [5, 5.41) is 0. The number of anilines is 2. The molecule has 1 aromatic rings. The van der Waals surface area contributed by atoms with Gasteiger partial charge in [-0.3, -0.25) is 0 Å².